The van der Waals surface area contributed by atoms with E-state index in [1.165, 1.54) is 11.1 Å². The summed E-state index contributed by atoms with van der Waals surface area (Å²) in [6, 6.07) is 8.45. The molecule has 86 valence electrons. The smallest absolute Gasteiger partial charge is 0.141 e. The predicted octanol–water partition coefficient (Wildman–Crippen LogP) is 3.11. The zero-order chi connectivity index (χ0) is 11.4. The molecule has 0 N–H and O–H groups in total. The summed E-state index contributed by atoms with van der Waals surface area (Å²) in [6.07, 6.45) is 2.76. The van der Waals surface area contributed by atoms with Crippen LogP contribution in [-0.2, 0) is 17.6 Å². The summed E-state index contributed by atoms with van der Waals surface area (Å²) in [6.45, 7) is 2.15. The topological polar surface area (TPSA) is 17.1 Å². The molecule has 0 radical (unpaired) electrons. The average Bonchev–Trinajstić information content (AvgIpc) is 2.83. The van der Waals surface area contributed by atoms with Gasteiger partial charge in [-0.1, -0.05) is 31.2 Å². The van der Waals surface area contributed by atoms with E-state index in [2.05, 4.69) is 31.2 Å². The molecule has 1 nitrogen and oxygen atoms in total. The summed E-state index contributed by atoms with van der Waals surface area (Å²) in [5.41, 5.74) is 2.51. The van der Waals surface area contributed by atoms with Gasteiger partial charge in [0.15, 0.2) is 0 Å². The minimum Gasteiger partial charge on any atom is -0.299 e. The molecule has 1 aromatic rings. The zero-order valence-corrected chi connectivity index (χ0v) is 10.6. The molecular formula is C14H18OS. The average molecular weight is 234 g/mol. The van der Waals surface area contributed by atoms with Gasteiger partial charge in [0.05, 0.1) is 0 Å². The molecule has 1 aliphatic heterocycles. The number of thioether (sulfide) groups is 1. The van der Waals surface area contributed by atoms with Crippen molar-refractivity contribution in [3.8, 4) is 0 Å². The van der Waals surface area contributed by atoms with Crippen molar-refractivity contribution in [1.82, 2.24) is 0 Å². The number of hydrogen-bond acceptors (Lipinski definition) is 2. The van der Waals surface area contributed by atoms with Gasteiger partial charge in [0.25, 0.3) is 0 Å². The maximum Gasteiger partial charge on any atom is 0.141 e. The second-order valence-corrected chi connectivity index (χ2v) is 5.52. The highest BCUT2D eigenvalue weighted by Gasteiger charge is 2.22. The third-order valence-electron chi connectivity index (χ3n) is 3.19. The van der Waals surface area contributed by atoms with Crippen molar-refractivity contribution in [2.45, 2.75) is 26.2 Å². The predicted molar refractivity (Wildman–Crippen MR) is 70.0 cm³/mol. The third kappa shape index (κ3) is 2.88. The highest BCUT2D eigenvalue weighted by Crippen LogP contribution is 2.25. The van der Waals surface area contributed by atoms with Crippen molar-refractivity contribution < 1.29 is 4.79 Å². The van der Waals surface area contributed by atoms with Gasteiger partial charge in [0.2, 0.25) is 0 Å². The summed E-state index contributed by atoms with van der Waals surface area (Å²) >= 11 is 1.91. The van der Waals surface area contributed by atoms with E-state index in [-0.39, 0.29) is 0 Å². The van der Waals surface area contributed by atoms with Gasteiger partial charge < -0.3 is 0 Å². The van der Waals surface area contributed by atoms with E-state index in [0.717, 1.165) is 24.3 Å². The minimum atomic E-state index is 0.316. The van der Waals surface area contributed by atoms with Crippen molar-refractivity contribution in [1.29, 1.82) is 0 Å². The van der Waals surface area contributed by atoms with Crippen molar-refractivity contribution in [2.75, 3.05) is 11.5 Å². The number of hydrogen-bond donors (Lipinski definition) is 0. The summed E-state index contributed by atoms with van der Waals surface area (Å²) in [4.78, 5) is 12.0. The fourth-order valence-corrected chi connectivity index (χ4v) is 3.28. The fraction of sp³-hybridized carbons (Fsp3) is 0.500. The number of aryl methyl sites for hydroxylation is 1. The molecule has 0 bridgehead atoms. The van der Waals surface area contributed by atoms with E-state index in [0.29, 0.717) is 18.1 Å². The molecule has 1 aliphatic rings. The number of benzene rings is 1. The number of ketones is 1. The molecule has 2 heteroatoms. The molecule has 16 heavy (non-hydrogen) atoms. The van der Waals surface area contributed by atoms with Crippen LogP contribution >= 0.6 is 11.8 Å². The number of rotatable bonds is 4. The Balaban J connectivity index is 1.94. The van der Waals surface area contributed by atoms with Gasteiger partial charge in [-0.25, -0.2) is 0 Å². The first-order valence-corrected chi connectivity index (χ1v) is 7.13. The van der Waals surface area contributed by atoms with Crippen LogP contribution in [-0.4, -0.2) is 17.3 Å². The lowest BCUT2D eigenvalue weighted by molar-refractivity contribution is -0.121. The lowest BCUT2D eigenvalue weighted by Crippen LogP contribution is -2.15. The molecule has 2 rings (SSSR count). The third-order valence-corrected chi connectivity index (χ3v) is 4.36. The summed E-state index contributed by atoms with van der Waals surface area (Å²) in [7, 11) is 0. The Morgan fingerprint density at radius 3 is 2.56 bits per heavy atom. The molecule has 1 heterocycles. The molecule has 1 fully saturated rings. The Bertz CT molecular complexity index is 350. The monoisotopic (exact) mass is 234 g/mol. The molecule has 1 unspecified atom stereocenters. The van der Waals surface area contributed by atoms with Gasteiger partial charge in [-0.3, -0.25) is 4.79 Å². The number of Topliss-reactive ketones (excluding diaryl/α,β-unsaturated/α-hetero) is 1. The molecule has 1 aromatic carbocycles. The van der Waals surface area contributed by atoms with E-state index in [9.17, 15) is 4.79 Å². The first-order chi connectivity index (χ1) is 7.79. The van der Waals surface area contributed by atoms with Crippen LogP contribution in [0.2, 0.25) is 0 Å². The van der Waals surface area contributed by atoms with Gasteiger partial charge in [-0.2, -0.15) is 11.8 Å². The molecule has 0 saturated carbocycles. The SMILES string of the molecule is CCc1ccc(CC(=O)C2CCSC2)cc1. The number of carbonyl (C=O) groups is 1. The normalized spacial score (nSPS) is 19.9. The van der Waals surface area contributed by atoms with Crippen LogP contribution in [0.15, 0.2) is 24.3 Å². The lowest BCUT2D eigenvalue weighted by Gasteiger charge is -2.07. The summed E-state index contributed by atoms with van der Waals surface area (Å²) in [5, 5.41) is 0. The second-order valence-electron chi connectivity index (χ2n) is 4.37. The minimum absolute atomic E-state index is 0.316. The van der Waals surface area contributed by atoms with E-state index in [4.69, 9.17) is 0 Å². The van der Waals surface area contributed by atoms with Crippen molar-refractivity contribution in [3.63, 3.8) is 0 Å². The van der Waals surface area contributed by atoms with Gasteiger partial charge in [0.1, 0.15) is 5.78 Å². The summed E-state index contributed by atoms with van der Waals surface area (Å²) in [5.74, 6) is 2.93. The molecule has 1 saturated heterocycles. The van der Waals surface area contributed by atoms with Crippen LogP contribution in [0.4, 0.5) is 0 Å². The van der Waals surface area contributed by atoms with Crippen molar-refractivity contribution in [2.24, 2.45) is 5.92 Å². The molecule has 0 spiro atoms. The maximum atomic E-state index is 12.0. The van der Waals surface area contributed by atoms with E-state index >= 15 is 0 Å². The lowest BCUT2D eigenvalue weighted by atomic mass is 9.97. The van der Waals surface area contributed by atoms with Gasteiger partial charge in [-0.05, 0) is 29.7 Å². The molecule has 0 aromatic heterocycles. The molecular weight excluding hydrogens is 216 g/mol. The Morgan fingerprint density at radius 2 is 2.00 bits per heavy atom. The van der Waals surface area contributed by atoms with Gasteiger partial charge in [0, 0.05) is 18.1 Å². The van der Waals surface area contributed by atoms with Crippen LogP contribution in [0.5, 0.6) is 0 Å². The Kier molecular flexibility index (Phi) is 4.05. The highest BCUT2D eigenvalue weighted by molar-refractivity contribution is 7.99. The van der Waals surface area contributed by atoms with Gasteiger partial charge >= 0.3 is 0 Å². The number of carbonyl (C=O) groups excluding carboxylic acids is 1. The van der Waals surface area contributed by atoms with Gasteiger partial charge in [-0.15, -0.1) is 0 Å². The Hall–Kier alpha value is -0.760. The van der Waals surface area contributed by atoms with Crippen molar-refractivity contribution in [3.05, 3.63) is 35.4 Å². The van der Waals surface area contributed by atoms with Crippen LogP contribution < -0.4 is 0 Å². The molecule has 0 aliphatic carbocycles. The van der Waals surface area contributed by atoms with Crippen LogP contribution in [0.25, 0.3) is 0 Å². The first kappa shape index (κ1) is 11.7. The Labute approximate surface area is 102 Å². The quantitative estimate of drug-likeness (QED) is 0.796. The first-order valence-electron chi connectivity index (χ1n) is 5.98. The van der Waals surface area contributed by atoms with Crippen LogP contribution in [0.1, 0.15) is 24.5 Å². The van der Waals surface area contributed by atoms with E-state index in [1.54, 1.807) is 0 Å². The van der Waals surface area contributed by atoms with E-state index in [1.807, 2.05) is 11.8 Å². The zero-order valence-electron chi connectivity index (χ0n) is 9.74. The standard InChI is InChI=1S/C14H18OS/c1-2-11-3-5-12(6-4-11)9-14(15)13-7-8-16-10-13/h3-6,13H,2,7-10H2,1H3. The molecule has 0 amide bonds. The summed E-state index contributed by atoms with van der Waals surface area (Å²) < 4.78 is 0. The van der Waals surface area contributed by atoms with E-state index < -0.39 is 0 Å². The fourth-order valence-electron chi connectivity index (χ4n) is 2.03. The maximum absolute atomic E-state index is 12.0. The van der Waals surface area contributed by atoms with Crippen molar-refractivity contribution >= 4 is 17.5 Å². The highest BCUT2D eigenvalue weighted by atomic mass is 32.2. The molecule has 1 atom stereocenters. The second kappa shape index (κ2) is 5.53. The Morgan fingerprint density at radius 1 is 1.31 bits per heavy atom. The van der Waals surface area contributed by atoms with Crippen LogP contribution in [0, 0.1) is 5.92 Å². The largest absolute Gasteiger partial charge is 0.299 e. The van der Waals surface area contributed by atoms with Crippen LogP contribution in [0.3, 0.4) is 0 Å².